The molecule has 0 bridgehead atoms. The topological polar surface area (TPSA) is 25.2 Å². The largest absolute Gasteiger partial charge is 0.472 e. The van der Waals surface area contributed by atoms with Gasteiger partial charge in [-0.15, -0.1) is 0 Å². The van der Waals surface area contributed by atoms with Gasteiger partial charge in [0.25, 0.3) is 0 Å². The lowest BCUT2D eigenvalue weighted by Crippen LogP contribution is -2.17. The Morgan fingerprint density at radius 3 is 2.39 bits per heavy atom. The summed E-state index contributed by atoms with van der Waals surface area (Å²) >= 11 is 0. The molecule has 1 fully saturated rings. The van der Waals surface area contributed by atoms with Crippen molar-refractivity contribution < 1.29 is 4.42 Å². The predicted molar refractivity (Wildman–Crippen MR) is 72.6 cm³/mol. The summed E-state index contributed by atoms with van der Waals surface area (Å²) in [7, 11) is 1.98. The highest BCUT2D eigenvalue weighted by Gasteiger charge is 2.20. The standard InChI is InChI=1S/C16H19NO/c1-17-16(15-9-10-18-11-15)14-7-5-13(6-8-14)12-3-2-4-12/h5-12,16-17H,2-4H2,1H3. The van der Waals surface area contributed by atoms with E-state index in [9.17, 15) is 0 Å². The van der Waals surface area contributed by atoms with E-state index in [1.807, 2.05) is 13.1 Å². The predicted octanol–water partition coefficient (Wildman–Crippen LogP) is 3.86. The quantitative estimate of drug-likeness (QED) is 0.879. The Hall–Kier alpha value is -1.54. The molecule has 0 radical (unpaired) electrons. The molecule has 2 aromatic rings. The van der Waals surface area contributed by atoms with Crippen molar-refractivity contribution in [3.8, 4) is 0 Å². The van der Waals surface area contributed by atoms with Gasteiger partial charge < -0.3 is 9.73 Å². The molecule has 94 valence electrons. The molecule has 0 aliphatic heterocycles. The number of furan rings is 1. The van der Waals surface area contributed by atoms with Crippen LogP contribution in [0.3, 0.4) is 0 Å². The van der Waals surface area contributed by atoms with Crippen LogP contribution in [0.1, 0.15) is 47.9 Å². The van der Waals surface area contributed by atoms with Crippen LogP contribution >= 0.6 is 0 Å². The highest BCUT2D eigenvalue weighted by molar-refractivity contribution is 5.33. The van der Waals surface area contributed by atoms with Crippen molar-refractivity contribution in [2.45, 2.75) is 31.2 Å². The van der Waals surface area contributed by atoms with E-state index in [0.29, 0.717) is 0 Å². The zero-order valence-corrected chi connectivity index (χ0v) is 10.7. The van der Waals surface area contributed by atoms with Crippen LogP contribution in [0.5, 0.6) is 0 Å². The fraction of sp³-hybridized carbons (Fsp3) is 0.375. The van der Waals surface area contributed by atoms with Gasteiger partial charge in [-0.25, -0.2) is 0 Å². The molecule has 1 atom stereocenters. The second-order valence-corrected chi connectivity index (χ2v) is 5.07. The first-order valence-corrected chi connectivity index (χ1v) is 6.67. The Labute approximate surface area is 108 Å². The van der Waals surface area contributed by atoms with Gasteiger partial charge in [0.05, 0.1) is 18.6 Å². The fourth-order valence-corrected chi connectivity index (χ4v) is 2.67. The molecule has 0 amide bonds. The van der Waals surface area contributed by atoms with Crippen LogP contribution in [0.2, 0.25) is 0 Å². The fourth-order valence-electron chi connectivity index (χ4n) is 2.67. The molecule has 1 aliphatic rings. The minimum Gasteiger partial charge on any atom is -0.472 e. The van der Waals surface area contributed by atoms with Crippen molar-refractivity contribution >= 4 is 0 Å². The zero-order valence-electron chi connectivity index (χ0n) is 10.7. The molecule has 18 heavy (non-hydrogen) atoms. The van der Waals surface area contributed by atoms with Gasteiger partial charge in [-0.1, -0.05) is 30.7 Å². The van der Waals surface area contributed by atoms with Crippen molar-refractivity contribution in [1.29, 1.82) is 0 Å². The number of rotatable bonds is 4. The molecule has 2 nitrogen and oxygen atoms in total. The summed E-state index contributed by atoms with van der Waals surface area (Å²) in [5, 5.41) is 3.34. The van der Waals surface area contributed by atoms with Gasteiger partial charge in [-0.05, 0) is 43.0 Å². The molecular weight excluding hydrogens is 222 g/mol. The van der Waals surface area contributed by atoms with E-state index >= 15 is 0 Å². The van der Waals surface area contributed by atoms with Crippen LogP contribution < -0.4 is 5.32 Å². The molecule has 0 saturated heterocycles. The molecule has 1 saturated carbocycles. The van der Waals surface area contributed by atoms with Gasteiger partial charge in [-0.2, -0.15) is 0 Å². The number of hydrogen-bond donors (Lipinski definition) is 1. The van der Waals surface area contributed by atoms with Gasteiger partial charge in [0.1, 0.15) is 0 Å². The summed E-state index contributed by atoms with van der Waals surface area (Å²) in [6.45, 7) is 0. The van der Waals surface area contributed by atoms with Crippen LogP contribution in [0.15, 0.2) is 47.3 Å². The molecule has 3 rings (SSSR count). The van der Waals surface area contributed by atoms with Crippen molar-refractivity contribution in [3.63, 3.8) is 0 Å². The van der Waals surface area contributed by atoms with Crippen LogP contribution in [0, 0.1) is 0 Å². The maximum Gasteiger partial charge on any atom is 0.0953 e. The first-order chi connectivity index (χ1) is 8.88. The molecule has 2 heteroatoms. The Morgan fingerprint density at radius 2 is 1.89 bits per heavy atom. The highest BCUT2D eigenvalue weighted by atomic mass is 16.3. The lowest BCUT2D eigenvalue weighted by molar-refractivity contribution is 0.419. The van der Waals surface area contributed by atoms with Crippen molar-refractivity contribution in [1.82, 2.24) is 5.32 Å². The molecule has 1 heterocycles. The Balaban J connectivity index is 1.82. The van der Waals surface area contributed by atoms with Crippen LogP contribution in [0.4, 0.5) is 0 Å². The maximum absolute atomic E-state index is 5.17. The second kappa shape index (κ2) is 4.99. The first-order valence-electron chi connectivity index (χ1n) is 6.67. The lowest BCUT2D eigenvalue weighted by Gasteiger charge is -2.26. The molecule has 0 spiro atoms. The third kappa shape index (κ3) is 2.08. The highest BCUT2D eigenvalue weighted by Crippen LogP contribution is 2.36. The summed E-state index contributed by atoms with van der Waals surface area (Å²) in [5.74, 6) is 0.806. The van der Waals surface area contributed by atoms with Gasteiger partial charge in [0, 0.05) is 5.56 Å². The van der Waals surface area contributed by atoms with E-state index in [-0.39, 0.29) is 6.04 Å². The third-order valence-electron chi connectivity index (χ3n) is 4.01. The summed E-state index contributed by atoms with van der Waals surface area (Å²) in [6, 6.07) is 11.3. The van der Waals surface area contributed by atoms with E-state index in [0.717, 1.165) is 5.92 Å². The van der Waals surface area contributed by atoms with E-state index in [2.05, 4.69) is 29.6 Å². The van der Waals surface area contributed by atoms with Gasteiger partial charge in [0.15, 0.2) is 0 Å². The van der Waals surface area contributed by atoms with Crippen LogP contribution in [-0.4, -0.2) is 7.05 Å². The van der Waals surface area contributed by atoms with E-state index in [1.165, 1.54) is 36.0 Å². The Kier molecular flexibility index (Phi) is 3.20. The summed E-state index contributed by atoms with van der Waals surface area (Å²) in [6.07, 6.45) is 7.64. The molecule has 1 aliphatic carbocycles. The normalized spacial score (nSPS) is 17.4. The third-order valence-corrected chi connectivity index (χ3v) is 4.01. The summed E-state index contributed by atoms with van der Waals surface area (Å²) < 4.78 is 5.17. The van der Waals surface area contributed by atoms with Crippen LogP contribution in [0.25, 0.3) is 0 Å². The average Bonchev–Trinajstić information content (AvgIpc) is 2.84. The lowest BCUT2D eigenvalue weighted by atomic mass is 9.79. The second-order valence-electron chi connectivity index (χ2n) is 5.07. The average molecular weight is 241 g/mol. The minimum atomic E-state index is 0.221. The molecule has 1 aromatic heterocycles. The maximum atomic E-state index is 5.17. The van der Waals surface area contributed by atoms with E-state index in [4.69, 9.17) is 4.42 Å². The smallest absolute Gasteiger partial charge is 0.0953 e. The molecule has 1 N–H and O–H groups in total. The Morgan fingerprint density at radius 1 is 1.11 bits per heavy atom. The van der Waals surface area contributed by atoms with Gasteiger partial charge in [-0.3, -0.25) is 0 Å². The van der Waals surface area contributed by atoms with Crippen molar-refractivity contribution in [3.05, 3.63) is 59.5 Å². The van der Waals surface area contributed by atoms with Gasteiger partial charge in [0.2, 0.25) is 0 Å². The molecule has 1 aromatic carbocycles. The SMILES string of the molecule is CNC(c1ccc(C2CCC2)cc1)c1ccoc1. The molecular formula is C16H19NO. The monoisotopic (exact) mass is 241 g/mol. The number of nitrogens with one attached hydrogen (secondary N) is 1. The zero-order chi connectivity index (χ0) is 12.4. The van der Waals surface area contributed by atoms with Crippen molar-refractivity contribution in [2.75, 3.05) is 7.05 Å². The molecule has 1 unspecified atom stereocenters. The van der Waals surface area contributed by atoms with Crippen LogP contribution in [-0.2, 0) is 0 Å². The summed E-state index contributed by atoms with van der Waals surface area (Å²) in [4.78, 5) is 0. The number of benzene rings is 1. The van der Waals surface area contributed by atoms with E-state index < -0.39 is 0 Å². The van der Waals surface area contributed by atoms with Crippen molar-refractivity contribution in [2.24, 2.45) is 0 Å². The summed E-state index contributed by atoms with van der Waals surface area (Å²) in [5.41, 5.74) is 3.96. The Bertz CT molecular complexity index is 482. The van der Waals surface area contributed by atoms with Gasteiger partial charge >= 0.3 is 0 Å². The minimum absolute atomic E-state index is 0.221. The van der Waals surface area contributed by atoms with E-state index in [1.54, 1.807) is 12.5 Å². The first kappa shape index (κ1) is 11.5. The number of hydrogen-bond acceptors (Lipinski definition) is 2.